The van der Waals surface area contributed by atoms with Gasteiger partial charge in [-0.05, 0) is 48.6 Å². The van der Waals surface area contributed by atoms with Crippen molar-refractivity contribution in [2.75, 3.05) is 0 Å². The molecule has 0 spiro atoms. The fourth-order valence-electron chi connectivity index (χ4n) is 3.30. The van der Waals surface area contributed by atoms with E-state index in [-0.39, 0.29) is 23.1 Å². The second-order valence-corrected chi connectivity index (χ2v) is 7.68. The van der Waals surface area contributed by atoms with Gasteiger partial charge in [0.1, 0.15) is 11.6 Å². The molecule has 0 aliphatic heterocycles. The first kappa shape index (κ1) is 16.5. The van der Waals surface area contributed by atoms with E-state index in [4.69, 9.17) is 11.6 Å². The summed E-state index contributed by atoms with van der Waals surface area (Å²) in [6, 6.07) is 4.86. The number of Topliss-reactive ketones (excluding diaryl/α,β-unsaturated/α-hetero) is 1. The monoisotopic (exact) mass is 310 g/mol. The van der Waals surface area contributed by atoms with Crippen molar-refractivity contribution in [3.8, 4) is 0 Å². The van der Waals surface area contributed by atoms with E-state index in [2.05, 4.69) is 20.8 Å². The molecule has 3 heteroatoms. The Kier molecular flexibility index (Phi) is 5.08. The lowest BCUT2D eigenvalue weighted by Crippen LogP contribution is -2.29. The van der Waals surface area contributed by atoms with Gasteiger partial charge in [0.15, 0.2) is 0 Å². The quantitative estimate of drug-likeness (QED) is 0.726. The first-order valence-corrected chi connectivity index (χ1v) is 8.12. The van der Waals surface area contributed by atoms with Gasteiger partial charge in [0, 0.05) is 12.3 Å². The van der Waals surface area contributed by atoms with E-state index in [1.807, 2.05) is 0 Å². The average Bonchev–Trinajstić information content (AvgIpc) is 2.43. The smallest absolute Gasteiger partial charge is 0.145 e. The van der Waals surface area contributed by atoms with Gasteiger partial charge in [0.05, 0.1) is 5.02 Å². The van der Waals surface area contributed by atoms with Crippen LogP contribution < -0.4 is 0 Å². The highest BCUT2D eigenvalue weighted by atomic mass is 35.5. The number of rotatable bonds is 3. The fraction of sp³-hybridized carbons (Fsp3) is 0.611. The Bertz CT molecular complexity index is 510. The van der Waals surface area contributed by atoms with Crippen LogP contribution in [0.25, 0.3) is 0 Å². The van der Waals surface area contributed by atoms with E-state index in [0.717, 1.165) is 25.7 Å². The zero-order chi connectivity index (χ0) is 15.6. The third-order valence-corrected chi connectivity index (χ3v) is 5.10. The van der Waals surface area contributed by atoms with E-state index in [1.54, 1.807) is 12.1 Å². The summed E-state index contributed by atoms with van der Waals surface area (Å²) in [5.74, 6) is 0.478. The van der Waals surface area contributed by atoms with Crippen molar-refractivity contribution in [3.05, 3.63) is 34.6 Å². The molecule has 1 aliphatic carbocycles. The molecule has 0 radical (unpaired) electrons. The lowest BCUT2D eigenvalue weighted by Gasteiger charge is -2.36. The second kappa shape index (κ2) is 6.48. The van der Waals surface area contributed by atoms with Crippen molar-refractivity contribution in [2.45, 2.75) is 52.9 Å². The minimum Gasteiger partial charge on any atom is -0.299 e. The van der Waals surface area contributed by atoms with E-state index < -0.39 is 5.82 Å². The number of halogens is 2. The Labute approximate surface area is 131 Å². The lowest BCUT2D eigenvalue weighted by atomic mass is 9.69. The molecule has 1 nitrogen and oxygen atoms in total. The molecule has 2 rings (SSSR count). The molecule has 0 atom stereocenters. The van der Waals surface area contributed by atoms with E-state index in [9.17, 15) is 9.18 Å². The average molecular weight is 311 g/mol. The number of hydrogen-bond donors (Lipinski definition) is 0. The number of ketones is 1. The maximum absolute atomic E-state index is 13.9. The molecule has 1 saturated carbocycles. The molecule has 0 aromatic heterocycles. The van der Waals surface area contributed by atoms with Gasteiger partial charge in [-0.3, -0.25) is 4.79 Å². The van der Waals surface area contributed by atoms with Gasteiger partial charge in [-0.1, -0.05) is 44.5 Å². The largest absolute Gasteiger partial charge is 0.299 e. The SMILES string of the molecule is CC(C)(C)C1CCC(C(=O)Cc2cccc(Cl)c2F)CC1. The van der Waals surface area contributed by atoms with Gasteiger partial charge >= 0.3 is 0 Å². The van der Waals surface area contributed by atoms with Crippen LogP contribution in [0.1, 0.15) is 52.0 Å². The molecule has 116 valence electrons. The third-order valence-electron chi connectivity index (χ3n) is 4.80. The van der Waals surface area contributed by atoms with Crippen LogP contribution in [-0.4, -0.2) is 5.78 Å². The molecule has 1 aromatic rings. The number of carbonyl (C=O) groups is 1. The standard InChI is InChI=1S/C18H24ClFO/c1-18(2,3)14-9-7-12(8-10-14)16(21)11-13-5-4-6-15(19)17(13)20/h4-6,12,14H,7-11H2,1-3H3. The molecule has 0 bridgehead atoms. The van der Waals surface area contributed by atoms with Crippen molar-refractivity contribution in [3.63, 3.8) is 0 Å². The maximum Gasteiger partial charge on any atom is 0.145 e. The van der Waals surface area contributed by atoms with Crippen molar-refractivity contribution >= 4 is 17.4 Å². The van der Waals surface area contributed by atoms with E-state index >= 15 is 0 Å². The molecule has 0 N–H and O–H groups in total. The van der Waals surface area contributed by atoms with Crippen LogP contribution in [0.2, 0.25) is 5.02 Å². The molecule has 1 aromatic carbocycles. The van der Waals surface area contributed by atoms with Gasteiger partial charge < -0.3 is 0 Å². The van der Waals surface area contributed by atoms with Crippen LogP contribution in [0, 0.1) is 23.1 Å². The summed E-state index contributed by atoms with van der Waals surface area (Å²) in [5.41, 5.74) is 0.734. The van der Waals surface area contributed by atoms with Gasteiger partial charge in [-0.2, -0.15) is 0 Å². The summed E-state index contributed by atoms with van der Waals surface area (Å²) >= 11 is 5.77. The molecule has 1 aliphatic rings. The van der Waals surface area contributed by atoms with Crippen LogP contribution >= 0.6 is 11.6 Å². The van der Waals surface area contributed by atoms with Crippen LogP contribution in [0.4, 0.5) is 4.39 Å². The molecule has 0 saturated heterocycles. The van der Waals surface area contributed by atoms with Crippen molar-refractivity contribution in [2.24, 2.45) is 17.3 Å². The minimum absolute atomic E-state index is 0.0852. The topological polar surface area (TPSA) is 17.1 Å². The summed E-state index contributed by atoms with van der Waals surface area (Å²) in [6.07, 6.45) is 4.22. The molecule has 21 heavy (non-hydrogen) atoms. The Balaban J connectivity index is 1.95. The van der Waals surface area contributed by atoms with Crippen LogP contribution in [0.3, 0.4) is 0 Å². The van der Waals surface area contributed by atoms with Gasteiger partial charge in [0.2, 0.25) is 0 Å². The molecule has 0 heterocycles. The Morgan fingerprint density at radius 3 is 2.43 bits per heavy atom. The number of hydrogen-bond acceptors (Lipinski definition) is 1. The highest BCUT2D eigenvalue weighted by Gasteiger charge is 2.32. The number of benzene rings is 1. The van der Waals surface area contributed by atoms with Crippen molar-refractivity contribution in [1.29, 1.82) is 0 Å². The predicted octanol–water partition coefficient (Wildman–Crippen LogP) is 5.44. The Morgan fingerprint density at radius 2 is 1.86 bits per heavy atom. The zero-order valence-corrected chi connectivity index (χ0v) is 13.8. The molecular weight excluding hydrogens is 287 g/mol. The lowest BCUT2D eigenvalue weighted by molar-refractivity contribution is -0.123. The maximum atomic E-state index is 13.9. The second-order valence-electron chi connectivity index (χ2n) is 7.27. The summed E-state index contributed by atoms with van der Waals surface area (Å²) < 4.78 is 13.9. The predicted molar refractivity (Wildman–Crippen MR) is 85.0 cm³/mol. The third kappa shape index (κ3) is 4.06. The van der Waals surface area contributed by atoms with Crippen LogP contribution in [0.15, 0.2) is 18.2 Å². The summed E-state index contributed by atoms with van der Waals surface area (Å²) in [5, 5.41) is 0.0942. The molecule has 1 fully saturated rings. The zero-order valence-electron chi connectivity index (χ0n) is 13.1. The van der Waals surface area contributed by atoms with Crippen molar-refractivity contribution in [1.82, 2.24) is 0 Å². The first-order chi connectivity index (χ1) is 9.79. The van der Waals surface area contributed by atoms with E-state index in [1.165, 1.54) is 6.07 Å². The summed E-state index contributed by atoms with van der Waals surface area (Å²) in [7, 11) is 0. The molecular formula is C18H24ClFO. The summed E-state index contributed by atoms with van der Waals surface area (Å²) in [6.45, 7) is 6.80. The van der Waals surface area contributed by atoms with Crippen molar-refractivity contribution < 1.29 is 9.18 Å². The molecule has 0 unspecified atom stereocenters. The fourth-order valence-corrected chi connectivity index (χ4v) is 3.49. The highest BCUT2D eigenvalue weighted by Crippen LogP contribution is 2.40. The van der Waals surface area contributed by atoms with Gasteiger partial charge in [-0.25, -0.2) is 4.39 Å². The minimum atomic E-state index is -0.448. The highest BCUT2D eigenvalue weighted by molar-refractivity contribution is 6.30. The Hall–Kier alpha value is -0.890. The molecule has 0 amide bonds. The Morgan fingerprint density at radius 1 is 1.24 bits per heavy atom. The first-order valence-electron chi connectivity index (χ1n) is 7.74. The normalized spacial score (nSPS) is 23.1. The van der Waals surface area contributed by atoms with Gasteiger partial charge in [0.25, 0.3) is 0 Å². The van der Waals surface area contributed by atoms with E-state index in [0.29, 0.717) is 16.9 Å². The van der Waals surface area contributed by atoms with Crippen LogP contribution in [0.5, 0.6) is 0 Å². The summed E-state index contributed by atoms with van der Waals surface area (Å²) in [4.78, 5) is 12.4. The van der Waals surface area contributed by atoms with Crippen LogP contribution in [-0.2, 0) is 11.2 Å². The van der Waals surface area contributed by atoms with Gasteiger partial charge in [-0.15, -0.1) is 0 Å². The number of carbonyl (C=O) groups excluding carboxylic acids is 1.